The maximum absolute atomic E-state index is 11.0. The average Bonchev–Trinajstić information content (AvgIpc) is 2.33. The van der Waals surface area contributed by atoms with Gasteiger partial charge in [0.05, 0.1) is 7.11 Å². The van der Waals surface area contributed by atoms with E-state index in [0.29, 0.717) is 19.0 Å². The fourth-order valence-electron chi connectivity index (χ4n) is 0.730. The minimum Gasteiger partial charge on any atom is -0.466 e. The molecule has 0 fully saturated rings. The van der Waals surface area contributed by atoms with Crippen LogP contribution in [0, 0.1) is 0 Å². The lowest BCUT2D eigenvalue weighted by Gasteiger charge is -2.04. The Kier molecular flexibility index (Phi) is 7.58. The highest BCUT2D eigenvalue weighted by Crippen LogP contribution is 1.85. The molecule has 0 aromatic rings. The van der Waals surface area contributed by atoms with Gasteiger partial charge in [-0.15, -0.1) is 0 Å². The van der Waals surface area contributed by atoms with Gasteiger partial charge in [0.25, 0.3) is 0 Å². The molecule has 0 saturated heterocycles. The summed E-state index contributed by atoms with van der Waals surface area (Å²) < 4.78 is 8.37. The Morgan fingerprint density at radius 2 is 1.72 bits per heavy atom. The Morgan fingerprint density at radius 1 is 1.11 bits per heavy atom. The molecule has 0 aromatic carbocycles. The monoisotopic (exact) mass is 258 g/mol. The Labute approximate surface area is 103 Å². The molecule has 0 atom stereocenters. The van der Waals surface area contributed by atoms with Gasteiger partial charge < -0.3 is 14.8 Å². The summed E-state index contributed by atoms with van der Waals surface area (Å²) in [6, 6.07) is -0.772. The van der Waals surface area contributed by atoms with Crippen molar-refractivity contribution in [3.63, 3.8) is 0 Å². The Balaban J connectivity index is 4.01. The van der Waals surface area contributed by atoms with Crippen molar-refractivity contribution in [1.82, 2.24) is 10.6 Å². The third-order valence-corrected chi connectivity index (χ3v) is 1.50. The van der Waals surface area contributed by atoms with Gasteiger partial charge in [0.15, 0.2) is 0 Å². The number of methoxy groups -OCH3 is 1. The maximum atomic E-state index is 11.0. The van der Waals surface area contributed by atoms with Crippen LogP contribution in [0.25, 0.3) is 0 Å². The van der Waals surface area contributed by atoms with Crippen LogP contribution < -0.4 is 10.6 Å². The Hall–Kier alpha value is -2.38. The van der Waals surface area contributed by atoms with E-state index in [-0.39, 0.29) is 0 Å². The molecular formula is C10H14N2O6. The SMILES string of the molecule is CCCNC(=O)NC(=O)OC(=O)/C=C/C(=O)OC. The van der Waals surface area contributed by atoms with Crippen LogP contribution in [-0.4, -0.2) is 37.7 Å². The van der Waals surface area contributed by atoms with Crippen LogP contribution in [0.1, 0.15) is 13.3 Å². The van der Waals surface area contributed by atoms with Crippen LogP contribution in [0.3, 0.4) is 0 Å². The number of nitrogens with one attached hydrogen (secondary N) is 2. The second-order valence-corrected chi connectivity index (χ2v) is 2.95. The first-order chi connectivity index (χ1) is 8.49. The van der Waals surface area contributed by atoms with Gasteiger partial charge in [-0.05, 0) is 6.42 Å². The zero-order valence-electron chi connectivity index (χ0n) is 10.0. The molecular weight excluding hydrogens is 244 g/mol. The minimum atomic E-state index is -1.23. The van der Waals surface area contributed by atoms with Crippen molar-refractivity contribution < 1.29 is 28.7 Å². The Bertz CT molecular complexity index is 363. The highest BCUT2D eigenvalue weighted by Gasteiger charge is 2.11. The first-order valence-electron chi connectivity index (χ1n) is 5.06. The van der Waals surface area contributed by atoms with Crippen molar-refractivity contribution in [2.45, 2.75) is 13.3 Å². The van der Waals surface area contributed by atoms with E-state index in [1.54, 1.807) is 5.32 Å². The van der Waals surface area contributed by atoms with E-state index in [2.05, 4.69) is 14.8 Å². The fraction of sp³-hybridized carbons (Fsp3) is 0.400. The molecule has 8 heteroatoms. The average molecular weight is 258 g/mol. The highest BCUT2D eigenvalue weighted by atomic mass is 16.6. The predicted octanol–water partition coefficient (Wildman–Crippen LogP) is 0.0880. The lowest BCUT2D eigenvalue weighted by atomic mass is 10.5. The van der Waals surface area contributed by atoms with Gasteiger partial charge in [-0.25, -0.2) is 24.5 Å². The number of hydrogen-bond acceptors (Lipinski definition) is 6. The highest BCUT2D eigenvalue weighted by molar-refractivity contribution is 5.99. The van der Waals surface area contributed by atoms with Crippen molar-refractivity contribution >= 4 is 24.1 Å². The molecule has 0 bridgehead atoms. The number of carbonyl (C=O) groups is 4. The fourth-order valence-corrected chi connectivity index (χ4v) is 0.730. The van der Waals surface area contributed by atoms with Crippen molar-refractivity contribution in [2.24, 2.45) is 0 Å². The molecule has 100 valence electrons. The molecule has 8 nitrogen and oxygen atoms in total. The molecule has 0 aliphatic carbocycles. The number of esters is 2. The molecule has 0 aromatic heterocycles. The lowest BCUT2D eigenvalue weighted by Crippen LogP contribution is -2.40. The van der Waals surface area contributed by atoms with Crippen LogP contribution in [0.4, 0.5) is 9.59 Å². The topological polar surface area (TPSA) is 111 Å². The summed E-state index contributed by atoms with van der Waals surface area (Å²) in [7, 11) is 1.13. The van der Waals surface area contributed by atoms with Crippen LogP contribution in [0.15, 0.2) is 12.2 Å². The van der Waals surface area contributed by atoms with Gasteiger partial charge in [0.2, 0.25) is 0 Å². The van der Waals surface area contributed by atoms with Crippen LogP contribution >= 0.6 is 0 Å². The summed E-state index contributed by atoms with van der Waals surface area (Å²) in [6.07, 6.45) is 0.953. The molecule has 18 heavy (non-hydrogen) atoms. The third kappa shape index (κ3) is 7.85. The first-order valence-corrected chi connectivity index (χ1v) is 5.06. The molecule has 0 aliphatic heterocycles. The lowest BCUT2D eigenvalue weighted by molar-refractivity contribution is -0.136. The van der Waals surface area contributed by atoms with E-state index in [1.165, 1.54) is 0 Å². The Morgan fingerprint density at radius 3 is 2.28 bits per heavy atom. The second-order valence-electron chi connectivity index (χ2n) is 2.95. The standard InChI is InChI=1S/C10H14N2O6/c1-3-6-11-9(15)12-10(16)18-8(14)5-4-7(13)17-2/h4-5H,3,6H2,1-2H3,(H2,11,12,15,16)/b5-4+. The van der Waals surface area contributed by atoms with E-state index in [4.69, 9.17) is 0 Å². The predicted molar refractivity (Wildman–Crippen MR) is 59.5 cm³/mol. The van der Waals surface area contributed by atoms with Crippen molar-refractivity contribution in [1.29, 1.82) is 0 Å². The summed E-state index contributed by atoms with van der Waals surface area (Å²) in [5.74, 6) is -1.87. The zero-order chi connectivity index (χ0) is 14.0. The van der Waals surface area contributed by atoms with E-state index >= 15 is 0 Å². The van der Waals surface area contributed by atoms with E-state index in [9.17, 15) is 19.2 Å². The summed E-state index contributed by atoms with van der Waals surface area (Å²) in [6.45, 7) is 2.22. The largest absolute Gasteiger partial charge is 0.466 e. The minimum absolute atomic E-state index is 0.384. The number of imide groups is 1. The maximum Gasteiger partial charge on any atom is 0.423 e. The smallest absolute Gasteiger partial charge is 0.423 e. The summed E-state index contributed by atoms with van der Waals surface area (Å²) in [5.41, 5.74) is 0. The van der Waals surface area contributed by atoms with Gasteiger partial charge in [0.1, 0.15) is 0 Å². The van der Waals surface area contributed by atoms with Crippen molar-refractivity contribution in [3.8, 4) is 0 Å². The molecule has 3 amide bonds. The van der Waals surface area contributed by atoms with E-state index in [0.717, 1.165) is 13.2 Å². The van der Waals surface area contributed by atoms with Gasteiger partial charge >= 0.3 is 24.1 Å². The van der Waals surface area contributed by atoms with Gasteiger partial charge in [-0.1, -0.05) is 6.92 Å². The van der Waals surface area contributed by atoms with Crippen LogP contribution in [-0.2, 0) is 19.1 Å². The number of ether oxygens (including phenoxy) is 2. The van der Waals surface area contributed by atoms with Crippen LogP contribution in [0.5, 0.6) is 0 Å². The number of carbonyl (C=O) groups excluding carboxylic acids is 4. The second kappa shape index (κ2) is 8.74. The van der Waals surface area contributed by atoms with Crippen LogP contribution in [0.2, 0.25) is 0 Å². The molecule has 0 heterocycles. The molecule has 0 aliphatic rings. The number of alkyl carbamates (subject to hydrolysis) is 1. The zero-order valence-corrected chi connectivity index (χ0v) is 10.0. The molecule has 0 rings (SSSR count). The van der Waals surface area contributed by atoms with E-state index < -0.39 is 24.1 Å². The number of amides is 3. The van der Waals surface area contributed by atoms with Crippen molar-refractivity contribution in [2.75, 3.05) is 13.7 Å². The van der Waals surface area contributed by atoms with Gasteiger partial charge in [0, 0.05) is 18.7 Å². The summed E-state index contributed by atoms with van der Waals surface area (Å²) in [5, 5.41) is 4.11. The quantitative estimate of drug-likeness (QED) is 0.420. The number of hydrogen-bond donors (Lipinski definition) is 2. The number of urea groups is 1. The number of rotatable bonds is 4. The van der Waals surface area contributed by atoms with E-state index in [1.807, 2.05) is 6.92 Å². The molecule has 2 N–H and O–H groups in total. The van der Waals surface area contributed by atoms with Gasteiger partial charge in [-0.2, -0.15) is 0 Å². The molecule has 0 spiro atoms. The first kappa shape index (κ1) is 15.6. The van der Waals surface area contributed by atoms with Gasteiger partial charge in [-0.3, -0.25) is 0 Å². The molecule has 0 saturated carbocycles. The normalized spacial score (nSPS) is 9.67. The third-order valence-electron chi connectivity index (χ3n) is 1.50. The molecule has 0 radical (unpaired) electrons. The molecule has 0 unspecified atom stereocenters. The van der Waals surface area contributed by atoms with Crippen molar-refractivity contribution in [3.05, 3.63) is 12.2 Å². The summed E-state index contributed by atoms with van der Waals surface area (Å²) in [4.78, 5) is 43.5. The summed E-state index contributed by atoms with van der Waals surface area (Å²) >= 11 is 0.